The minimum absolute atomic E-state index is 0.251. The second-order valence-corrected chi connectivity index (χ2v) is 8.87. The molecule has 1 aliphatic rings. The molecule has 1 N–H and O–H groups in total. The van der Waals surface area contributed by atoms with E-state index in [9.17, 15) is 14.0 Å². The largest absolute Gasteiger partial charge is 0.322 e. The van der Waals surface area contributed by atoms with E-state index in [-0.39, 0.29) is 17.3 Å². The number of fused-ring (bicyclic) bond motifs is 1. The fourth-order valence-electron chi connectivity index (χ4n) is 3.99. The molecule has 4 aromatic rings. The smallest absolute Gasteiger partial charge is 0.271 e. The number of carbonyl (C=O) groups excluding carboxylic acids is 1. The van der Waals surface area contributed by atoms with Crippen LogP contribution in [0.3, 0.4) is 0 Å². The number of benzene rings is 3. The van der Waals surface area contributed by atoms with Gasteiger partial charge in [0, 0.05) is 5.69 Å². The van der Waals surface area contributed by atoms with E-state index >= 15 is 0 Å². The third-order valence-corrected chi connectivity index (χ3v) is 6.56. The molecule has 2 heterocycles. The van der Waals surface area contributed by atoms with Crippen LogP contribution in [-0.4, -0.2) is 10.5 Å². The van der Waals surface area contributed by atoms with Crippen molar-refractivity contribution in [3.05, 3.63) is 133 Å². The van der Waals surface area contributed by atoms with Crippen molar-refractivity contribution in [2.75, 3.05) is 5.32 Å². The Bertz CT molecular complexity index is 1570. The predicted molar refractivity (Wildman–Crippen MR) is 132 cm³/mol. The molecule has 0 radical (unpaired) electrons. The van der Waals surface area contributed by atoms with Crippen molar-refractivity contribution in [3.8, 4) is 0 Å². The van der Waals surface area contributed by atoms with Crippen LogP contribution in [0.1, 0.15) is 24.1 Å². The zero-order chi connectivity index (χ0) is 23.7. The number of amides is 1. The van der Waals surface area contributed by atoms with Gasteiger partial charge in [0.25, 0.3) is 11.5 Å². The van der Waals surface area contributed by atoms with Crippen molar-refractivity contribution in [1.29, 1.82) is 0 Å². The van der Waals surface area contributed by atoms with E-state index in [1.165, 1.54) is 23.5 Å². The standard InChI is InChI=1S/C27H20FN3O2S/c1-17-23(25(32)30-21-10-6-3-7-11-21)24(19-8-4-2-5-9-19)31-26(33)22(34-27(31)29-17)16-18-12-14-20(28)15-13-18/h2-16,24H,1H3,(H,30,32)/b22-16-/t24-/m1/s1. The van der Waals surface area contributed by atoms with Crippen molar-refractivity contribution >= 4 is 29.0 Å². The Morgan fingerprint density at radius 1 is 1.00 bits per heavy atom. The van der Waals surface area contributed by atoms with Crippen LogP contribution in [0.4, 0.5) is 10.1 Å². The summed E-state index contributed by atoms with van der Waals surface area (Å²) in [5.74, 6) is -0.651. The molecule has 1 atom stereocenters. The summed E-state index contributed by atoms with van der Waals surface area (Å²) >= 11 is 1.25. The van der Waals surface area contributed by atoms with Gasteiger partial charge in [-0.2, -0.15) is 0 Å². The van der Waals surface area contributed by atoms with E-state index in [0.717, 1.165) is 5.56 Å². The summed E-state index contributed by atoms with van der Waals surface area (Å²) < 4.78 is 15.3. The van der Waals surface area contributed by atoms with Crippen molar-refractivity contribution in [2.45, 2.75) is 13.0 Å². The maximum Gasteiger partial charge on any atom is 0.271 e. The number of para-hydroxylation sites is 1. The number of rotatable bonds is 4. The van der Waals surface area contributed by atoms with Gasteiger partial charge in [0.05, 0.1) is 21.8 Å². The van der Waals surface area contributed by atoms with Crippen LogP contribution in [-0.2, 0) is 4.79 Å². The van der Waals surface area contributed by atoms with E-state index in [0.29, 0.717) is 31.9 Å². The van der Waals surface area contributed by atoms with E-state index in [4.69, 9.17) is 0 Å². The Morgan fingerprint density at radius 2 is 1.65 bits per heavy atom. The lowest BCUT2D eigenvalue weighted by molar-refractivity contribution is -0.113. The van der Waals surface area contributed by atoms with Gasteiger partial charge in [0.15, 0.2) is 4.80 Å². The Hall–Kier alpha value is -4.10. The Kier molecular flexibility index (Phi) is 5.77. The number of aromatic nitrogens is 1. The molecule has 5 nitrogen and oxygen atoms in total. The maximum absolute atomic E-state index is 13.6. The maximum atomic E-state index is 13.6. The van der Waals surface area contributed by atoms with Crippen LogP contribution in [0.15, 0.2) is 106 Å². The minimum Gasteiger partial charge on any atom is -0.322 e. The number of nitrogens with zero attached hydrogens (tertiary/aromatic N) is 2. The molecule has 34 heavy (non-hydrogen) atoms. The molecule has 3 aromatic carbocycles. The topological polar surface area (TPSA) is 63.5 Å². The van der Waals surface area contributed by atoms with Crippen LogP contribution in [0, 0.1) is 5.82 Å². The Labute approximate surface area is 198 Å². The number of thiazole rings is 1. The highest BCUT2D eigenvalue weighted by molar-refractivity contribution is 7.07. The summed E-state index contributed by atoms with van der Waals surface area (Å²) in [4.78, 5) is 32.1. The molecule has 0 bridgehead atoms. The van der Waals surface area contributed by atoms with Gasteiger partial charge in [-0.05, 0) is 48.4 Å². The Balaban J connectivity index is 1.66. The molecular formula is C27H20FN3O2S. The highest BCUT2D eigenvalue weighted by Crippen LogP contribution is 2.30. The van der Waals surface area contributed by atoms with Gasteiger partial charge in [-0.3, -0.25) is 14.2 Å². The van der Waals surface area contributed by atoms with Gasteiger partial charge in [0.2, 0.25) is 0 Å². The molecule has 0 unspecified atom stereocenters. The highest BCUT2D eigenvalue weighted by Gasteiger charge is 2.32. The van der Waals surface area contributed by atoms with Crippen molar-refractivity contribution in [2.24, 2.45) is 4.99 Å². The van der Waals surface area contributed by atoms with Gasteiger partial charge in [-0.1, -0.05) is 72.0 Å². The van der Waals surface area contributed by atoms with Gasteiger partial charge in [-0.25, -0.2) is 9.38 Å². The van der Waals surface area contributed by atoms with Crippen molar-refractivity contribution in [1.82, 2.24) is 4.57 Å². The average molecular weight is 470 g/mol. The average Bonchev–Trinajstić information content (AvgIpc) is 3.15. The molecule has 0 aliphatic carbocycles. The fraction of sp³-hybridized carbons (Fsp3) is 0.0741. The van der Waals surface area contributed by atoms with E-state index < -0.39 is 6.04 Å². The van der Waals surface area contributed by atoms with Gasteiger partial charge >= 0.3 is 0 Å². The number of nitrogens with one attached hydrogen (secondary N) is 1. The molecule has 1 amide bonds. The molecule has 0 saturated carbocycles. The molecule has 7 heteroatoms. The lowest BCUT2D eigenvalue weighted by Gasteiger charge is -2.25. The van der Waals surface area contributed by atoms with Crippen LogP contribution >= 0.6 is 11.3 Å². The quantitative estimate of drug-likeness (QED) is 0.491. The third-order valence-electron chi connectivity index (χ3n) is 5.58. The van der Waals surface area contributed by atoms with Gasteiger partial charge < -0.3 is 5.32 Å². The first-order valence-corrected chi connectivity index (χ1v) is 11.5. The predicted octanol–water partition coefficient (Wildman–Crippen LogP) is 4.01. The zero-order valence-electron chi connectivity index (χ0n) is 18.2. The molecule has 0 spiro atoms. The number of hydrogen-bond acceptors (Lipinski definition) is 4. The minimum atomic E-state index is -0.628. The summed E-state index contributed by atoms with van der Waals surface area (Å²) in [5.41, 5.74) is 2.89. The second-order valence-electron chi connectivity index (χ2n) is 7.86. The van der Waals surface area contributed by atoms with E-state index in [1.807, 2.05) is 60.7 Å². The van der Waals surface area contributed by atoms with Crippen LogP contribution < -0.4 is 20.2 Å². The lowest BCUT2D eigenvalue weighted by Crippen LogP contribution is -2.40. The number of hydrogen-bond donors (Lipinski definition) is 1. The molecule has 0 saturated heterocycles. The van der Waals surface area contributed by atoms with E-state index in [1.54, 1.807) is 29.7 Å². The van der Waals surface area contributed by atoms with Crippen LogP contribution in [0.5, 0.6) is 0 Å². The molecule has 5 rings (SSSR count). The summed E-state index contributed by atoms with van der Waals surface area (Å²) in [6.07, 6.45) is 1.72. The SMILES string of the molecule is CC1=C(C(=O)Nc2ccccc2)[C@@H](c2ccccc2)n2c(s/c(=C\c3ccc(F)cc3)c2=O)=N1. The molecule has 1 aromatic heterocycles. The third kappa shape index (κ3) is 4.13. The van der Waals surface area contributed by atoms with Gasteiger partial charge in [-0.15, -0.1) is 0 Å². The lowest BCUT2D eigenvalue weighted by atomic mass is 9.95. The molecule has 0 fully saturated rings. The second kappa shape index (κ2) is 9.03. The molecule has 1 aliphatic heterocycles. The fourth-order valence-corrected chi connectivity index (χ4v) is 5.04. The number of carbonyl (C=O) groups is 1. The first kappa shape index (κ1) is 21.7. The summed E-state index contributed by atoms with van der Waals surface area (Å²) in [6, 6.07) is 23.9. The first-order valence-electron chi connectivity index (χ1n) is 10.7. The normalized spacial score (nSPS) is 15.6. The van der Waals surface area contributed by atoms with Crippen LogP contribution in [0.2, 0.25) is 0 Å². The number of allylic oxidation sites excluding steroid dienone is 1. The van der Waals surface area contributed by atoms with Gasteiger partial charge in [0.1, 0.15) is 5.82 Å². The number of halogens is 1. The van der Waals surface area contributed by atoms with E-state index in [2.05, 4.69) is 10.3 Å². The number of anilines is 1. The van der Waals surface area contributed by atoms with Crippen LogP contribution in [0.25, 0.3) is 6.08 Å². The Morgan fingerprint density at radius 3 is 2.32 bits per heavy atom. The van der Waals surface area contributed by atoms with Crippen molar-refractivity contribution in [3.63, 3.8) is 0 Å². The zero-order valence-corrected chi connectivity index (χ0v) is 19.1. The van der Waals surface area contributed by atoms with Crippen molar-refractivity contribution < 1.29 is 9.18 Å². The first-order chi connectivity index (χ1) is 16.5. The summed E-state index contributed by atoms with van der Waals surface area (Å²) in [6.45, 7) is 1.78. The monoisotopic (exact) mass is 469 g/mol. The molecule has 168 valence electrons. The highest BCUT2D eigenvalue weighted by atomic mass is 32.1. The summed E-state index contributed by atoms with van der Waals surface area (Å²) in [7, 11) is 0. The summed E-state index contributed by atoms with van der Waals surface area (Å²) in [5, 5.41) is 2.93. The molecular weight excluding hydrogens is 449 g/mol.